The smallest absolute Gasteiger partial charge is 0.268 e. The highest BCUT2D eigenvalue weighted by Gasteiger charge is 2.06. The molecule has 20 heavy (non-hydrogen) atoms. The number of hydrogen-bond donors (Lipinski definition) is 2. The molecule has 4 nitrogen and oxygen atoms in total. The van der Waals surface area contributed by atoms with Gasteiger partial charge in [0, 0.05) is 10.2 Å². The van der Waals surface area contributed by atoms with Crippen molar-refractivity contribution in [2.75, 3.05) is 5.32 Å². The third-order valence-electron chi connectivity index (χ3n) is 3.00. The van der Waals surface area contributed by atoms with E-state index in [1.54, 1.807) is 0 Å². The number of halogens is 1. The summed E-state index contributed by atoms with van der Waals surface area (Å²) in [5.41, 5.74) is 2.81. The van der Waals surface area contributed by atoms with Crippen LogP contribution in [-0.2, 0) is 6.54 Å². The first-order valence-corrected chi connectivity index (χ1v) is 7.78. The minimum absolute atomic E-state index is 0.0786. The Kier molecular flexibility index (Phi) is 3.58. The number of aromatic nitrogens is 2. The number of anilines is 1. The van der Waals surface area contributed by atoms with Crippen LogP contribution in [0, 0.1) is 6.92 Å². The van der Waals surface area contributed by atoms with E-state index in [1.807, 2.05) is 36.6 Å². The molecule has 0 fully saturated rings. The predicted octanol–water partition coefficient (Wildman–Crippen LogP) is 3.67. The highest BCUT2D eigenvalue weighted by Crippen LogP contribution is 2.26. The zero-order valence-electron chi connectivity index (χ0n) is 10.7. The van der Waals surface area contributed by atoms with Crippen LogP contribution in [0.3, 0.4) is 0 Å². The molecule has 0 aliphatic rings. The van der Waals surface area contributed by atoms with Gasteiger partial charge in [0.25, 0.3) is 5.56 Å². The van der Waals surface area contributed by atoms with E-state index in [0.29, 0.717) is 17.1 Å². The zero-order chi connectivity index (χ0) is 14.1. The summed E-state index contributed by atoms with van der Waals surface area (Å²) >= 11 is 4.96. The Balaban J connectivity index is 1.86. The Hall–Kier alpha value is -1.66. The van der Waals surface area contributed by atoms with Gasteiger partial charge in [-0.1, -0.05) is 12.1 Å². The van der Waals surface area contributed by atoms with Crippen molar-refractivity contribution in [2.24, 2.45) is 0 Å². The normalized spacial score (nSPS) is 10.9. The first-order chi connectivity index (χ1) is 9.65. The van der Waals surface area contributed by atoms with Crippen molar-refractivity contribution in [2.45, 2.75) is 13.5 Å². The van der Waals surface area contributed by atoms with Gasteiger partial charge in [-0.3, -0.25) is 4.79 Å². The summed E-state index contributed by atoms with van der Waals surface area (Å²) in [6.45, 7) is 2.51. The summed E-state index contributed by atoms with van der Waals surface area (Å²) in [6, 6.07) is 7.87. The minimum Gasteiger partial charge on any atom is -0.377 e. The molecule has 1 aromatic carbocycles. The number of aromatic amines is 1. The van der Waals surface area contributed by atoms with E-state index >= 15 is 0 Å². The van der Waals surface area contributed by atoms with E-state index < -0.39 is 0 Å². The van der Waals surface area contributed by atoms with Gasteiger partial charge >= 0.3 is 0 Å². The Labute approximate surface area is 128 Å². The molecule has 6 heteroatoms. The summed E-state index contributed by atoms with van der Waals surface area (Å²) in [4.78, 5) is 19.1. The van der Waals surface area contributed by atoms with E-state index in [2.05, 4.69) is 31.2 Å². The molecule has 0 bridgehead atoms. The number of fused-ring (bicyclic) bond motifs is 1. The number of hydrogen-bond acceptors (Lipinski definition) is 4. The van der Waals surface area contributed by atoms with Crippen molar-refractivity contribution in [3.63, 3.8) is 0 Å². The van der Waals surface area contributed by atoms with Crippen LogP contribution in [0.15, 0.2) is 38.9 Å². The number of aryl methyl sites for hydroxylation is 1. The molecule has 3 aromatic rings. The van der Waals surface area contributed by atoms with Crippen molar-refractivity contribution >= 4 is 43.2 Å². The summed E-state index contributed by atoms with van der Waals surface area (Å²) in [5.74, 6) is 0.634. The van der Waals surface area contributed by atoms with Crippen molar-refractivity contribution in [1.29, 1.82) is 0 Å². The molecular formula is C14H12BrN3OS. The van der Waals surface area contributed by atoms with Crippen LogP contribution in [0.4, 0.5) is 5.69 Å². The van der Waals surface area contributed by atoms with Gasteiger partial charge in [-0.2, -0.15) is 0 Å². The Morgan fingerprint density at radius 2 is 2.25 bits per heavy atom. The highest BCUT2D eigenvalue weighted by atomic mass is 79.9. The van der Waals surface area contributed by atoms with Crippen LogP contribution in [-0.4, -0.2) is 9.97 Å². The van der Waals surface area contributed by atoms with Gasteiger partial charge in [0.15, 0.2) is 0 Å². The molecule has 0 atom stereocenters. The fraction of sp³-hybridized carbons (Fsp3) is 0.143. The van der Waals surface area contributed by atoms with Crippen molar-refractivity contribution in [1.82, 2.24) is 9.97 Å². The molecule has 0 unspecified atom stereocenters. The lowest BCUT2D eigenvalue weighted by molar-refractivity contribution is 0.954. The highest BCUT2D eigenvalue weighted by molar-refractivity contribution is 9.10. The number of nitrogens with zero attached hydrogens (tertiary/aromatic N) is 1. The lowest BCUT2D eigenvalue weighted by Crippen LogP contribution is -2.13. The van der Waals surface area contributed by atoms with Gasteiger partial charge in [-0.15, -0.1) is 11.3 Å². The molecule has 2 aromatic heterocycles. The summed E-state index contributed by atoms with van der Waals surface area (Å²) < 4.78 is 1.70. The number of thiophene rings is 1. The number of nitrogens with one attached hydrogen (secondary N) is 2. The van der Waals surface area contributed by atoms with Crippen LogP contribution < -0.4 is 10.9 Å². The molecule has 0 amide bonds. The molecule has 0 aliphatic carbocycles. The van der Waals surface area contributed by atoms with Gasteiger partial charge < -0.3 is 10.3 Å². The fourth-order valence-electron chi connectivity index (χ4n) is 1.97. The zero-order valence-corrected chi connectivity index (χ0v) is 13.1. The average molecular weight is 350 g/mol. The average Bonchev–Trinajstić information content (AvgIpc) is 2.89. The van der Waals surface area contributed by atoms with Gasteiger partial charge in [0.2, 0.25) is 0 Å². The van der Waals surface area contributed by atoms with Crippen LogP contribution in [0.1, 0.15) is 11.4 Å². The van der Waals surface area contributed by atoms with E-state index in [1.165, 1.54) is 11.3 Å². The molecule has 0 aliphatic heterocycles. The largest absolute Gasteiger partial charge is 0.377 e. The maximum atomic E-state index is 11.9. The monoisotopic (exact) mass is 349 g/mol. The van der Waals surface area contributed by atoms with Gasteiger partial charge in [0.1, 0.15) is 10.5 Å². The van der Waals surface area contributed by atoms with E-state index in [-0.39, 0.29) is 5.56 Å². The molecule has 2 heterocycles. The van der Waals surface area contributed by atoms with Gasteiger partial charge in [-0.05, 0) is 45.9 Å². The van der Waals surface area contributed by atoms with Crippen molar-refractivity contribution < 1.29 is 0 Å². The first kappa shape index (κ1) is 13.3. The third kappa shape index (κ3) is 2.48. The SMILES string of the molecule is Cc1cccc(NCc2nc3ccsc3c(=O)[nH]2)c1Br. The van der Waals surface area contributed by atoms with Crippen molar-refractivity contribution in [3.05, 3.63) is 55.9 Å². The van der Waals surface area contributed by atoms with E-state index in [0.717, 1.165) is 21.2 Å². The molecule has 0 saturated heterocycles. The second-order valence-electron chi connectivity index (χ2n) is 4.44. The molecule has 2 N–H and O–H groups in total. The third-order valence-corrected chi connectivity index (χ3v) is 4.96. The second kappa shape index (κ2) is 5.38. The van der Waals surface area contributed by atoms with Crippen molar-refractivity contribution in [3.8, 4) is 0 Å². The summed E-state index contributed by atoms with van der Waals surface area (Å²) in [7, 11) is 0. The standard InChI is InChI=1S/C14H12BrN3OS/c1-8-3-2-4-9(12(8)15)16-7-11-17-10-5-6-20-13(10)14(19)18-11/h2-6,16H,7H2,1H3,(H,17,18,19). The Morgan fingerprint density at radius 1 is 1.40 bits per heavy atom. The number of benzene rings is 1. The number of H-pyrrole nitrogens is 1. The summed E-state index contributed by atoms with van der Waals surface area (Å²) in [6.07, 6.45) is 0. The van der Waals surface area contributed by atoms with Crippen LogP contribution in [0.2, 0.25) is 0 Å². The molecule has 0 radical (unpaired) electrons. The molecule has 3 rings (SSSR count). The fourth-order valence-corrected chi connectivity index (χ4v) is 3.10. The van der Waals surface area contributed by atoms with Gasteiger partial charge in [-0.25, -0.2) is 4.98 Å². The van der Waals surface area contributed by atoms with Crippen LogP contribution in [0.25, 0.3) is 10.2 Å². The summed E-state index contributed by atoms with van der Waals surface area (Å²) in [5, 5.41) is 5.15. The lowest BCUT2D eigenvalue weighted by atomic mass is 10.2. The molecular weight excluding hydrogens is 338 g/mol. The second-order valence-corrected chi connectivity index (χ2v) is 6.15. The molecule has 102 valence electrons. The van der Waals surface area contributed by atoms with Crippen LogP contribution in [0.5, 0.6) is 0 Å². The first-order valence-electron chi connectivity index (χ1n) is 6.10. The molecule has 0 saturated carbocycles. The van der Waals surface area contributed by atoms with E-state index in [9.17, 15) is 4.79 Å². The quantitative estimate of drug-likeness (QED) is 0.758. The Bertz CT molecular complexity index is 825. The van der Waals surface area contributed by atoms with Gasteiger partial charge in [0.05, 0.1) is 12.1 Å². The van der Waals surface area contributed by atoms with Crippen LogP contribution >= 0.6 is 27.3 Å². The number of rotatable bonds is 3. The van der Waals surface area contributed by atoms with E-state index in [4.69, 9.17) is 0 Å². The predicted molar refractivity (Wildman–Crippen MR) is 86.4 cm³/mol. The molecule has 0 spiro atoms. The topological polar surface area (TPSA) is 57.8 Å². The maximum Gasteiger partial charge on any atom is 0.268 e. The lowest BCUT2D eigenvalue weighted by Gasteiger charge is -2.09. The minimum atomic E-state index is -0.0786. The Morgan fingerprint density at radius 3 is 3.10 bits per heavy atom. The maximum absolute atomic E-state index is 11.9.